The molecule has 9 heteroatoms. The number of hydrogen-bond acceptors (Lipinski definition) is 6. The van der Waals surface area contributed by atoms with Gasteiger partial charge in [-0.15, -0.1) is 0 Å². The summed E-state index contributed by atoms with van der Waals surface area (Å²) in [6.45, 7) is 0. The minimum Gasteiger partial charge on any atom is -0.506 e. The fraction of sp³-hybridized carbons (Fsp3) is 0.125. The number of carbonyl (C=O) groups excluding carboxylic acids is 2. The Morgan fingerprint density at radius 1 is 1.00 bits per heavy atom. The smallest absolute Gasteiger partial charge is 0.300 e. The highest BCUT2D eigenvalue weighted by Gasteiger charge is 2.48. The SMILES string of the molecule is COc1cccc(OC)c1/C(O)=C1\C(=O)C(=O)N(c2cc(F)ccc2F)C1c1ccncc1. The van der Waals surface area contributed by atoms with Crippen LogP contribution in [0.3, 0.4) is 0 Å². The average molecular weight is 452 g/mol. The number of anilines is 1. The summed E-state index contributed by atoms with van der Waals surface area (Å²) in [7, 11) is 2.74. The lowest BCUT2D eigenvalue weighted by Crippen LogP contribution is -2.30. The highest BCUT2D eigenvalue weighted by atomic mass is 19.1. The Morgan fingerprint density at radius 2 is 1.64 bits per heavy atom. The molecule has 1 N–H and O–H groups in total. The number of nitrogens with zero attached hydrogens (tertiary/aromatic N) is 2. The third-order valence-electron chi connectivity index (χ3n) is 5.30. The van der Waals surface area contributed by atoms with Crippen molar-refractivity contribution >= 4 is 23.1 Å². The number of hydrogen-bond donors (Lipinski definition) is 1. The Hall–Kier alpha value is -4.27. The molecule has 168 valence electrons. The molecule has 7 nitrogen and oxygen atoms in total. The highest BCUT2D eigenvalue weighted by Crippen LogP contribution is 2.45. The van der Waals surface area contributed by atoms with E-state index >= 15 is 0 Å². The number of ketones is 1. The van der Waals surface area contributed by atoms with E-state index < -0.39 is 40.8 Å². The number of methoxy groups -OCH3 is 2. The van der Waals surface area contributed by atoms with Crippen LogP contribution in [0.5, 0.6) is 11.5 Å². The number of aliphatic hydroxyl groups excluding tert-OH is 1. The van der Waals surface area contributed by atoms with Gasteiger partial charge in [-0.3, -0.25) is 19.5 Å². The first kappa shape index (κ1) is 21.9. The van der Waals surface area contributed by atoms with Crippen LogP contribution < -0.4 is 14.4 Å². The van der Waals surface area contributed by atoms with Crippen LogP contribution in [-0.4, -0.2) is 36.0 Å². The van der Waals surface area contributed by atoms with Gasteiger partial charge in [-0.1, -0.05) is 6.07 Å². The van der Waals surface area contributed by atoms with E-state index in [9.17, 15) is 23.5 Å². The van der Waals surface area contributed by atoms with Crippen LogP contribution >= 0.6 is 0 Å². The summed E-state index contributed by atoms with van der Waals surface area (Å²) in [6, 6.07) is 9.03. The van der Waals surface area contributed by atoms with Gasteiger partial charge in [-0.25, -0.2) is 8.78 Å². The van der Waals surface area contributed by atoms with E-state index in [2.05, 4.69) is 4.98 Å². The van der Waals surface area contributed by atoms with Crippen molar-refractivity contribution in [2.24, 2.45) is 0 Å². The lowest BCUT2D eigenvalue weighted by molar-refractivity contribution is -0.132. The van der Waals surface area contributed by atoms with Crippen LogP contribution in [0.4, 0.5) is 14.5 Å². The molecule has 2 heterocycles. The molecule has 4 rings (SSSR count). The van der Waals surface area contributed by atoms with Crippen molar-refractivity contribution in [1.82, 2.24) is 4.98 Å². The molecule has 33 heavy (non-hydrogen) atoms. The zero-order valence-corrected chi connectivity index (χ0v) is 17.6. The predicted molar refractivity (Wildman–Crippen MR) is 115 cm³/mol. The van der Waals surface area contributed by atoms with Gasteiger partial charge in [0.25, 0.3) is 11.7 Å². The van der Waals surface area contributed by atoms with Crippen molar-refractivity contribution in [2.45, 2.75) is 6.04 Å². The number of amides is 1. The molecule has 0 saturated carbocycles. The average Bonchev–Trinajstić information content (AvgIpc) is 3.10. The molecule has 1 amide bonds. The van der Waals surface area contributed by atoms with Gasteiger partial charge in [-0.2, -0.15) is 0 Å². The van der Waals surface area contributed by atoms with E-state index in [0.717, 1.165) is 23.1 Å². The van der Waals surface area contributed by atoms with Gasteiger partial charge >= 0.3 is 0 Å². The van der Waals surface area contributed by atoms with Crippen molar-refractivity contribution in [2.75, 3.05) is 19.1 Å². The molecule has 0 aliphatic carbocycles. The van der Waals surface area contributed by atoms with Gasteiger partial charge in [-0.05, 0) is 42.0 Å². The minimum absolute atomic E-state index is 0.0410. The highest BCUT2D eigenvalue weighted by molar-refractivity contribution is 6.51. The molecule has 2 aromatic carbocycles. The number of halogens is 2. The van der Waals surface area contributed by atoms with Crippen LogP contribution in [0.2, 0.25) is 0 Å². The van der Waals surface area contributed by atoms with Crippen molar-refractivity contribution < 1.29 is 33.0 Å². The standard InChI is InChI=1S/C24H18F2N2O5/c1-32-17-4-3-5-18(33-2)19(17)22(29)20-21(13-8-10-27-11-9-13)28(24(31)23(20)30)16-12-14(25)6-7-15(16)26/h3-12,21,29H,1-2H3/b22-20+. The molecule has 1 aliphatic heterocycles. The molecule has 0 spiro atoms. The van der Waals surface area contributed by atoms with Crippen molar-refractivity contribution in [3.8, 4) is 11.5 Å². The van der Waals surface area contributed by atoms with Crippen molar-refractivity contribution in [3.05, 3.63) is 89.3 Å². The number of carbonyl (C=O) groups is 2. The molecule has 0 bridgehead atoms. The van der Waals surface area contributed by atoms with Crippen LogP contribution in [0, 0.1) is 11.6 Å². The second kappa shape index (κ2) is 8.70. The van der Waals surface area contributed by atoms with E-state index in [4.69, 9.17) is 9.47 Å². The van der Waals surface area contributed by atoms with Crippen LogP contribution in [0.25, 0.3) is 5.76 Å². The molecule has 0 radical (unpaired) electrons. The third kappa shape index (κ3) is 3.67. The summed E-state index contributed by atoms with van der Waals surface area (Å²) < 4.78 is 39.3. The summed E-state index contributed by atoms with van der Waals surface area (Å²) in [4.78, 5) is 31.0. The first-order valence-corrected chi connectivity index (χ1v) is 9.76. The number of pyridine rings is 1. The summed E-state index contributed by atoms with van der Waals surface area (Å²) in [5.74, 6) is -4.13. The van der Waals surface area contributed by atoms with Crippen LogP contribution in [-0.2, 0) is 9.59 Å². The number of ether oxygens (including phenoxy) is 2. The first-order valence-electron chi connectivity index (χ1n) is 9.76. The van der Waals surface area contributed by atoms with E-state index in [-0.39, 0.29) is 22.6 Å². The number of rotatable bonds is 5. The maximum Gasteiger partial charge on any atom is 0.300 e. The van der Waals surface area contributed by atoms with Crippen molar-refractivity contribution in [3.63, 3.8) is 0 Å². The molecule has 3 aromatic rings. The number of Topliss-reactive ketones (excluding diaryl/α,β-unsaturated/α-hetero) is 1. The molecular weight excluding hydrogens is 434 g/mol. The van der Waals surface area contributed by atoms with E-state index in [1.165, 1.54) is 38.7 Å². The predicted octanol–water partition coefficient (Wildman–Crippen LogP) is 4.00. The normalized spacial score (nSPS) is 17.3. The van der Waals surface area contributed by atoms with E-state index in [1.54, 1.807) is 18.2 Å². The Kier molecular flexibility index (Phi) is 5.78. The lowest BCUT2D eigenvalue weighted by atomic mass is 9.95. The molecule has 1 aliphatic rings. The summed E-state index contributed by atoms with van der Waals surface area (Å²) >= 11 is 0. The Bertz CT molecular complexity index is 1250. The fourth-order valence-electron chi connectivity index (χ4n) is 3.83. The van der Waals surface area contributed by atoms with E-state index in [1.807, 2.05) is 0 Å². The zero-order valence-electron chi connectivity index (χ0n) is 17.6. The van der Waals surface area contributed by atoms with Crippen LogP contribution in [0.1, 0.15) is 17.2 Å². The quantitative estimate of drug-likeness (QED) is 0.358. The van der Waals surface area contributed by atoms with Gasteiger partial charge in [0.2, 0.25) is 0 Å². The number of benzene rings is 2. The molecule has 1 aromatic heterocycles. The maximum absolute atomic E-state index is 14.7. The van der Waals surface area contributed by atoms with Gasteiger partial charge < -0.3 is 14.6 Å². The van der Waals surface area contributed by atoms with Gasteiger partial charge in [0.15, 0.2) is 0 Å². The second-order valence-electron chi connectivity index (χ2n) is 7.08. The molecule has 1 unspecified atom stereocenters. The number of aromatic nitrogens is 1. The summed E-state index contributed by atoms with van der Waals surface area (Å²) in [6.07, 6.45) is 2.84. The zero-order chi connectivity index (χ0) is 23.7. The largest absolute Gasteiger partial charge is 0.506 e. The fourth-order valence-corrected chi connectivity index (χ4v) is 3.83. The van der Waals surface area contributed by atoms with Crippen molar-refractivity contribution in [1.29, 1.82) is 0 Å². The third-order valence-corrected chi connectivity index (χ3v) is 5.30. The van der Waals surface area contributed by atoms with E-state index in [0.29, 0.717) is 5.56 Å². The monoisotopic (exact) mass is 452 g/mol. The first-order chi connectivity index (χ1) is 15.9. The van der Waals surface area contributed by atoms with Gasteiger partial charge in [0.1, 0.15) is 34.5 Å². The van der Waals surface area contributed by atoms with Gasteiger partial charge in [0, 0.05) is 18.5 Å². The second-order valence-corrected chi connectivity index (χ2v) is 7.08. The Labute approximate surface area is 187 Å². The molecule has 1 fully saturated rings. The topological polar surface area (TPSA) is 89.0 Å². The molecular formula is C24H18F2N2O5. The lowest BCUT2D eigenvalue weighted by Gasteiger charge is -2.26. The van der Waals surface area contributed by atoms with Gasteiger partial charge in [0.05, 0.1) is 31.5 Å². The summed E-state index contributed by atoms with van der Waals surface area (Å²) in [5, 5.41) is 11.3. The molecule has 1 saturated heterocycles. The van der Waals surface area contributed by atoms with Crippen LogP contribution in [0.15, 0.2) is 66.5 Å². The maximum atomic E-state index is 14.7. The molecule has 1 atom stereocenters. The number of aliphatic hydroxyl groups is 1. The Balaban J connectivity index is 2.03. The minimum atomic E-state index is -1.26. The Morgan fingerprint density at radius 3 is 2.24 bits per heavy atom. The summed E-state index contributed by atoms with van der Waals surface area (Å²) in [5.41, 5.74) is -0.384.